The zero-order valence-corrected chi connectivity index (χ0v) is 11.3. The Labute approximate surface area is 121 Å². The molecule has 0 aliphatic carbocycles. The summed E-state index contributed by atoms with van der Waals surface area (Å²) in [5, 5.41) is 9.24. The van der Waals surface area contributed by atoms with Gasteiger partial charge in [-0.05, 0) is 23.8 Å². The Balaban J connectivity index is 2.60. The first-order valence-corrected chi connectivity index (χ1v) is 6.16. The number of esters is 1. The van der Waals surface area contributed by atoms with Gasteiger partial charge in [0.05, 0.1) is 18.2 Å². The number of methoxy groups -OCH3 is 1. The zero-order chi connectivity index (χ0) is 15.2. The summed E-state index contributed by atoms with van der Waals surface area (Å²) in [6, 6.07) is 9.77. The Morgan fingerprint density at radius 1 is 1.14 bits per heavy atom. The number of benzene rings is 1. The van der Waals surface area contributed by atoms with E-state index in [4.69, 9.17) is 4.74 Å². The highest BCUT2D eigenvalue weighted by Gasteiger charge is 2.19. The molecular weight excluding hydrogens is 270 g/mol. The molecule has 2 rings (SSSR count). The molecule has 0 aliphatic heterocycles. The van der Waals surface area contributed by atoms with Gasteiger partial charge < -0.3 is 9.84 Å². The Morgan fingerprint density at radius 2 is 1.86 bits per heavy atom. The van der Waals surface area contributed by atoms with Crippen LogP contribution in [0.2, 0.25) is 0 Å². The third-order valence-corrected chi connectivity index (χ3v) is 2.85. The van der Waals surface area contributed by atoms with Gasteiger partial charge in [-0.3, -0.25) is 4.98 Å². The quantitative estimate of drug-likeness (QED) is 0.689. The second kappa shape index (κ2) is 6.47. The Hall–Kier alpha value is -2.95. The monoisotopic (exact) mass is 283 g/mol. The molecule has 0 saturated carbocycles. The number of carbonyl (C=O) groups excluding carboxylic acids is 1. The van der Waals surface area contributed by atoms with E-state index in [9.17, 15) is 14.7 Å². The molecule has 0 unspecified atom stereocenters. The molecule has 1 aromatic carbocycles. The second-order valence-corrected chi connectivity index (χ2v) is 4.19. The number of carboxylic acid groups (broad SMARTS) is 1. The number of hydrogen-bond acceptors (Lipinski definition) is 4. The van der Waals surface area contributed by atoms with Gasteiger partial charge in [-0.2, -0.15) is 0 Å². The highest BCUT2D eigenvalue weighted by atomic mass is 16.5. The van der Waals surface area contributed by atoms with Gasteiger partial charge in [-0.25, -0.2) is 9.59 Å². The summed E-state index contributed by atoms with van der Waals surface area (Å²) < 4.78 is 4.75. The molecule has 0 aliphatic rings. The van der Waals surface area contributed by atoms with Crippen LogP contribution in [0, 0.1) is 0 Å². The predicted octanol–water partition coefficient (Wildman–Crippen LogP) is 2.49. The largest absolute Gasteiger partial charge is 0.478 e. The third kappa shape index (κ3) is 3.33. The van der Waals surface area contributed by atoms with E-state index in [0.29, 0.717) is 11.1 Å². The van der Waals surface area contributed by atoms with Crippen LogP contribution >= 0.6 is 0 Å². The van der Waals surface area contributed by atoms with Crippen molar-refractivity contribution in [1.82, 2.24) is 4.98 Å². The van der Waals surface area contributed by atoms with Crippen molar-refractivity contribution in [3.8, 4) is 0 Å². The normalized spacial score (nSPS) is 11.0. The van der Waals surface area contributed by atoms with Crippen LogP contribution in [0.4, 0.5) is 0 Å². The average Bonchev–Trinajstić information content (AvgIpc) is 2.53. The van der Waals surface area contributed by atoms with Crippen LogP contribution in [-0.2, 0) is 9.53 Å². The van der Waals surface area contributed by atoms with E-state index < -0.39 is 11.9 Å². The molecule has 0 atom stereocenters. The van der Waals surface area contributed by atoms with Crippen LogP contribution < -0.4 is 0 Å². The van der Waals surface area contributed by atoms with Gasteiger partial charge in [-0.1, -0.05) is 24.3 Å². The molecule has 0 bridgehead atoms. The minimum Gasteiger partial charge on any atom is -0.478 e. The van der Waals surface area contributed by atoms with Gasteiger partial charge in [0, 0.05) is 18.0 Å². The van der Waals surface area contributed by atoms with E-state index in [2.05, 4.69) is 4.98 Å². The third-order valence-electron chi connectivity index (χ3n) is 2.85. The van der Waals surface area contributed by atoms with Gasteiger partial charge in [0.15, 0.2) is 0 Å². The first-order valence-electron chi connectivity index (χ1n) is 6.16. The molecular formula is C16H13NO4. The fraction of sp³-hybridized carbons (Fsp3) is 0.0625. The lowest BCUT2D eigenvalue weighted by Gasteiger charge is -2.09. The van der Waals surface area contributed by atoms with E-state index in [1.165, 1.54) is 13.2 Å². The number of pyridine rings is 1. The molecule has 1 aromatic heterocycles. The van der Waals surface area contributed by atoms with Crippen molar-refractivity contribution in [3.05, 3.63) is 65.5 Å². The summed E-state index contributed by atoms with van der Waals surface area (Å²) in [4.78, 5) is 27.2. The number of rotatable bonds is 4. The minimum absolute atomic E-state index is 0.0399. The van der Waals surface area contributed by atoms with Crippen molar-refractivity contribution in [2.75, 3.05) is 7.11 Å². The average molecular weight is 283 g/mol. The Bertz CT molecular complexity index is 692. The molecule has 5 heteroatoms. The van der Waals surface area contributed by atoms with E-state index in [1.54, 1.807) is 48.8 Å². The number of aromatic nitrogens is 1. The van der Waals surface area contributed by atoms with E-state index >= 15 is 0 Å². The lowest BCUT2D eigenvalue weighted by Crippen LogP contribution is -2.09. The van der Waals surface area contributed by atoms with E-state index in [1.807, 2.05) is 0 Å². The van der Waals surface area contributed by atoms with Crippen molar-refractivity contribution in [1.29, 1.82) is 0 Å². The van der Waals surface area contributed by atoms with Gasteiger partial charge in [0.2, 0.25) is 0 Å². The number of aromatic carboxylic acids is 1. The summed E-state index contributed by atoms with van der Waals surface area (Å²) in [7, 11) is 1.25. The summed E-state index contributed by atoms with van der Waals surface area (Å²) in [6.07, 6.45) is 4.74. The molecule has 0 radical (unpaired) electrons. The molecule has 0 spiro atoms. The van der Waals surface area contributed by atoms with Gasteiger partial charge >= 0.3 is 11.9 Å². The first kappa shape index (κ1) is 14.5. The lowest BCUT2D eigenvalue weighted by molar-refractivity contribution is -0.133. The van der Waals surface area contributed by atoms with Crippen LogP contribution in [0.15, 0.2) is 48.8 Å². The van der Waals surface area contributed by atoms with Crippen molar-refractivity contribution < 1.29 is 19.4 Å². The van der Waals surface area contributed by atoms with Crippen molar-refractivity contribution >= 4 is 23.6 Å². The van der Waals surface area contributed by atoms with Gasteiger partial charge in [-0.15, -0.1) is 0 Å². The highest BCUT2D eigenvalue weighted by molar-refractivity contribution is 6.23. The Kier molecular flexibility index (Phi) is 4.46. The molecule has 0 saturated heterocycles. The minimum atomic E-state index is -1.11. The SMILES string of the molecule is COC(=O)/C(=C/c1cccnc1)c1ccccc1C(=O)O. The zero-order valence-electron chi connectivity index (χ0n) is 11.3. The fourth-order valence-electron chi connectivity index (χ4n) is 1.89. The Morgan fingerprint density at radius 3 is 2.43 bits per heavy atom. The summed E-state index contributed by atoms with van der Waals surface area (Å²) in [6.45, 7) is 0. The highest BCUT2D eigenvalue weighted by Crippen LogP contribution is 2.23. The molecule has 21 heavy (non-hydrogen) atoms. The lowest BCUT2D eigenvalue weighted by atomic mass is 9.98. The number of carbonyl (C=O) groups is 2. The summed E-state index contributed by atoms with van der Waals surface area (Å²) in [5.74, 6) is -1.71. The van der Waals surface area contributed by atoms with Crippen LogP contribution in [-0.4, -0.2) is 29.1 Å². The number of carboxylic acids is 1. The first-order chi connectivity index (χ1) is 10.1. The molecule has 2 aromatic rings. The number of nitrogens with zero attached hydrogens (tertiary/aromatic N) is 1. The van der Waals surface area contributed by atoms with Crippen LogP contribution in [0.5, 0.6) is 0 Å². The number of ether oxygens (including phenoxy) is 1. The van der Waals surface area contributed by atoms with Gasteiger partial charge in [0.1, 0.15) is 0 Å². The molecule has 1 heterocycles. The van der Waals surface area contributed by atoms with E-state index in [0.717, 1.165) is 0 Å². The van der Waals surface area contributed by atoms with Crippen LogP contribution in [0.3, 0.4) is 0 Å². The van der Waals surface area contributed by atoms with E-state index in [-0.39, 0.29) is 11.1 Å². The van der Waals surface area contributed by atoms with Crippen molar-refractivity contribution in [2.45, 2.75) is 0 Å². The van der Waals surface area contributed by atoms with Gasteiger partial charge in [0.25, 0.3) is 0 Å². The van der Waals surface area contributed by atoms with Crippen molar-refractivity contribution in [3.63, 3.8) is 0 Å². The second-order valence-electron chi connectivity index (χ2n) is 4.19. The topological polar surface area (TPSA) is 76.5 Å². The smallest absolute Gasteiger partial charge is 0.338 e. The molecule has 106 valence electrons. The maximum absolute atomic E-state index is 12.0. The molecule has 0 fully saturated rings. The predicted molar refractivity (Wildman–Crippen MR) is 77.5 cm³/mol. The maximum atomic E-state index is 12.0. The summed E-state index contributed by atoms with van der Waals surface area (Å²) >= 11 is 0. The fourth-order valence-corrected chi connectivity index (χ4v) is 1.89. The van der Waals surface area contributed by atoms with Crippen LogP contribution in [0.1, 0.15) is 21.5 Å². The summed E-state index contributed by atoms with van der Waals surface area (Å²) in [5.41, 5.74) is 1.19. The standard InChI is InChI=1S/C16H13NO4/c1-21-16(20)14(9-11-5-4-8-17-10-11)12-6-2-3-7-13(12)15(18)19/h2-10H,1H3,(H,18,19)/b14-9+. The maximum Gasteiger partial charge on any atom is 0.338 e. The number of hydrogen-bond donors (Lipinski definition) is 1. The van der Waals surface area contributed by atoms with Crippen LogP contribution in [0.25, 0.3) is 11.6 Å². The molecule has 5 nitrogen and oxygen atoms in total. The molecule has 0 amide bonds. The van der Waals surface area contributed by atoms with Crippen molar-refractivity contribution in [2.24, 2.45) is 0 Å². The molecule has 1 N–H and O–H groups in total.